The fourth-order valence-corrected chi connectivity index (χ4v) is 5.92. The molecule has 2 atom stereocenters. The van der Waals surface area contributed by atoms with Gasteiger partial charge in [-0.05, 0) is 44.2 Å². The highest BCUT2D eigenvalue weighted by Crippen LogP contribution is 2.56. The van der Waals surface area contributed by atoms with Crippen LogP contribution in [-0.2, 0) is 19.1 Å². The van der Waals surface area contributed by atoms with Crippen molar-refractivity contribution in [2.75, 3.05) is 7.11 Å². The van der Waals surface area contributed by atoms with Crippen LogP contribution in [0.1, 0.15) is 53.4 Å². The van der Waals surface area contributed by atoms with Crippen molar-refractivity contribution in [1.29, 1.82) is 0 Å². The molecule has 1 aromatic carbocycles. The molecule has 0 amide bonds. The third-order valence-corrected chi connectivity index (χ3v) is 7.28. The van der Waals surface area contributed by atoms with Gasteiger partial charge in [-0.25, -0.2) is 0 Å². The zero-order valence-corrected chi connectivity index (χ0v) is 17.7. The van der Waals surface area contributed by atoms with Gasteiger partial charge in [0.2, 0.25) is 0 Å². The first kappa shape index (κ1) is 20.6. The highest BCUT2D eigenvalue weighted by atomic mass is 32.2. The summed E-state index contributed by atoms with van der Waals surface area (Å²) in [6.07, 6.45) is 1.86. The lowest BCUT2D eigenvalue weighted by molar-refractivity contribution is -0.238. The second kappa shape index (κ2) is 7.34. The molecule has 0 radical (unpaired) electrons. The van der Waals surface area contributed by atoms with Crippen LogP contribution in [0.25, 0.3) is 0 Å². The van der Waals surface area contributed by atoms with Gasteiger partial charge in [-0.3, -0.25) is 9.59 Å². The van der Waals surface area contributed by atoms with Gasteiger partial charge in [-0.2, -0.15) is 0 Å². The third-order valence-electron chi connectivity index (χ3n) is 5.85. The number of benzene rings is 1. The number of carbonyl (C=O) groups is 2. The van der Waals surface area contributed by atoms with Gasteiger partial charge < -0.3 is 9.47 Å². The average Bonchev–Trinajstić information content (AvgIpc) is 2.92. The molecular weight excluding hydrogens is 360 g/mol. The number of methoxy groups -OCH3 is 1. The van der Waals surface area contributed by atoms with Crippen molar-refractivity contribution in [3.63, 3.8) is 0 Å². The maximum Gasteiger partial charge on any atom is 0.162 e. The Hall–Kier alpha value is -1.17. The highest BCUT2D eigenvalue weighted by molar-refractivity contribution is 8.00. The number of hydrogen-bond donors (Lipinski definition) is 0. The van der Waals surface area contributed by atoms with Crippen molar-refractivity contribution < 1.29 is 19.1 Å². The minimum absolute atomic E-state index is 0.0339. The minimum atomic E-state index is -1.08. The first-order chi connectivity index (χ1) is 12.6. The molecular formula is C22H30O4S. The lowest BCUT2D eigenvalue weighted by Gasteiger charge is -2.45. The SMILES string of the molecule is COC(C)(C)O[C@@H]1CC[C@H](Sc2ccccc2)C12C(=O)CC(C)(C)CC2=O. The standard InChI is InChI=1S/C22H30O4S/c1-20(2)13-16(23)22(17(24)14-20)18(26-21(3,4)25-5)11-12-19(22)27-15-9-7-6-8-10-15/h6-10,18-19H,11-14H2,1-5H3/t18-,19+/m1/s1. The molecule has 2 fully saturated rings. The zero-order chi connectivity index (χ0) is 19.9. The molecule has 27 heavy (non-hydrogen) atoms. The molecule has 1 aromatic rings. The van der Waals surface area contributed by atoms with Crippen LogP contribution in [0.5, 0.6) is 0 Å². The topological polar surface area (TPSA) is 52.6 Å². The van der Waals surface area contributed by atoms with E-state index in [1.54, 1.807) is 18.9 Å². The molecule has 0 unspecified atom stereocenters. The van der Waals surface area contributed by atoms with E-state index in [2.05, 4.69) is 0 Å². The van der Waals surface area contributed by atoms with Gasteiger partial charge in [0.25, 0.3) is 0 Å². The second-order valence-electron chi connectivity index (χ2n) is 8.94. The number of carbonyl (C=O) groups excluding carboxylic acids is 2. The van der Waals surface area contributed by atoms with E-state index in [1.165, 1.54) is 0 Å². The van der Waals surface area contributed by atoms with Gasteiger partial charge in [0, 0.05) is 30.1 Å². The summed E-state index contributed by atoms with van der Waals surface area (Å²) in [5.74, 6) is -0.768. The van der Waals surface area contributed by atoms with Crippen molar-refractivity contribution in [2.45, 2.75) is 75.4 Å². The number of ether oxygens (including phenoxy) is 2. The lowest BCUT2D eigenvalue weighted by Crippen LogP contribution is -2.58. The Morgan fingerprint density at radius 2 is 1.63 bits per heavy atom. The Morgan fingerprint density at radius 3 is 2.19 bits per heavy atom. The van der Waals surface area contributed by atoms with Crippen LogP contribution in [0.2, 0.25) is 0 Å². The maximum absolute atomic E-state index is 13.5. The van der Waals surface area contributed by atoms with E-state index in [0.717, 1.165) is 11.3 Å². The summed E-state index contributed by atoms with van der Waals surface area (Å²) >= 11 is 1.64. The monoisotopic (exact) mass is 390 g/mol. The normalized spacial score (nSPS) is 27.3. The summed E-state index contributed by atoms with van der Waals surface area (Å²) in [6.45, 7) is 7.66. The Bertz CT molecular complexity index is 690. The van der Waals surface area contributed by atoms with Gasteiger partial charge in [0.05, 0.1) is 6.10 Å². The van der Waals surface area contributed by atoms with Crippen LogP contribution >= 0.6 is 11.8 Å². The smallest absolute Gasteiger partial charge is 0.162 e. The Labute approximate surface area is 166 Å². The van der Waals surface area contributed by atoms with Gasteiger partial charge in [-0.15, -0.1) is 11.8 Å². The number of hydrogen-bond acceptors (Lipinski definition) is 5. The Balaban J connectivity index is 1.99. The molecule has 5 heteroatoms. The fourth-order valence-electron chi connectivity index (χ4n) is 4.42. The van der Waals surface area contributed by atoms with Gasteiger partial charge in [0.1, 0.15) is 5.41 Å². The lowest BCUT2D eigenvalue weighted by atomic mass is 9.61. The van der Waals surface area contributed by atoms with Crippen LogP contribution in [0.3, 0.4) is 0 Å². The predicted molar refractivity (Wildman–Crippen MR) is 107 cm³/mol. The molecule has 1 spiro atoms. The first-order valence-electron chi connectivity index (χ1n) is 9.62. The molecule has 0 aliphatic heterocycles. The Morgan fingerprint density at radius 1 is 1.04 bits per heavy atom. The van der Waals surface area contributed by atoms with E-state index in [4.69, 9.17) is 9.47 Å². The molecule has 4 nitrogen and oxygen atoms in total. The summed E-state index contributed by atoms with van der Waals surface area (Å²) in [5.41, 5.74) is -1.36. The largest absolute Gasteiger partial charge is 0.354 e. The molecule has 0 bridgehead atoms. The van der Waals surface area contributed by atoms with E-state index >= 15 is 0 Å². The summed E-state index contributed by atoms with van der Waals surface area (Å²) in [4.78, 5) is 28.0. The second-order valence-corrected chi connectivity index (χ2v) is 10.2. The number of Topliss-reactive ketones (excluding diaryl/α,β-unsaturated/α-hetero) is 2. The number of ketones is 2. The van der Waals surface area contributed by atoms with E-state index < -0.39 is 17.3 Å². The molecule has 0 saturated heterocycles. The van der Waals surface area contributed by atoms with Crippen LogP contribution in [0.15, 0.2) is 35.2 Å². The molecule has 0 aromatic heterocycles. The van der Waals surface area contributed by atoms with E-state index in [1.807, 2.05) is 58.0 Å². The molecule has 0 heterocycles. The average molecular weight is 391 g/mol. The molecule has 2 saturated carbocycles. The maximum atomic E-state index is 13.5. The van der Waals surface area contributed by atoms with E-state index in [9.17, 15) is 9.59 Å². The summed E-state index contributed by atoms with van der Waals surface area (Å²) in [7, 11) is 1.59. The summed E-state index contributed by atoms with van der Waals surface area (Å²) in [5, 5.41) is -0.103. The van der Waals surface area contributed by atoms with Crippen molar-refractivity contribution in [1.82, 2.24) is 0 Å². The molecule has 2 aliphatic carbocycles. The third kappa shape index (κ3) is 3.87. The minimum Gasteiger partial charge on any atom is -0.354 e. The van der Waals surface area contributed by atoms with Gasteiger partial charge in [0.15, 0.2) is 17.4 Å². The molecule has 0 N–H and O–H groups in total. The quantitative estimate of drug-likeness (QED) is 0.541. The Kier molecular flexibility index (Phi) is 5.59. The fraction of sp³-hybridized carbons (Fsp3) is 0.636. The summed E-state index contributed by atoms with van der Waals surface area (Å²) in [6, 6.07) is 10.0. The van der Waals surface area contributed by atoms with E-state index in [0.29, 0.717) is 19.3 Å². The van der Waals surface area contributed by atoms with Crippen LogP contribution < -0.4 is 0 Å². The predicted octanol–water partition coefficient (Wildman–Crippen LogP) is 4.65. The van der Waals surface area contributed by atoms with Crippen LogP contribution in [0, 0.1) is 10.8 Å². The summed E-state index contributed by atoms with van der Waals surface area (Å²) < 4.78 is 11.7. The van der Waals surface area contributed by atoms with E-state index in [-0.39, 0.29) is 22.2 Å². The zero-order valence-electron chi connectivity index (χ0n) is 16.9. The van der Waals surface area contributed by atoms with Crippen LogP contribution in [-0.4, -0.2) is 35.8 Å². The number of rotatable bonds is 5. The van der Waals surface area contributed by atoms with Crippen molar-refractivity contribution in [3.05, 3.63) is 30.3 Å². The highest BCUT2D eigenvalue weighted by Gasteiger charge is 2.64. The molecule has 148 valence electrons. The van der Waals surface area contributed by atoms with Gasteiger partial charge in [-0.1, -0.05) is 32.0 Å². The van der Waals surface area contributed by atoms with Gasteiger partial charge >= 0.3 is 0 Å². The first-order valence-corrected chi connectivity index (χ1v) is 10.5. The van der Waals surface area contributed by atoms with Crippen molar-refractivity contribution >= 4 is 23.3 Å². The van der Waals surface area contributed by atoms with Crippen molar-refractivity contribution in [2.24, 2.45) is 10.8 Å². The number of thioether (sulfide) groups is 1. The van der Waals surface area contributed by atoms with Crippen LogP contribution in [0.4, 0.5) is 0 Å². The molecule has 2 aliphatic rings. The molecule has 3 rings (SSSR count). The van der Waals surface area contributed by atoms with Crippen molar-refractivity contribution in [3.8, 4) is 0 Å².